The van der Waals surface area contributed by atoms with Crippen LogP contribution in [-0.4, -0.2) is 65.1 Å². The number of esters is 1. The second-order valence-corrected chi connectivity index (χ2v) is 16.5. The molecule has 55 heavy (non-hydrogen) atoms. The maximum absolute atomic E-state index is 15.1. The van der Waals surface area contributed by atoms with Gasteiger partial charge in [0.25, 0.3) is 0 Å². The van der Waals surface area contributed by atoms with E-state index in [4.69, 9.17) is 14.2 Å². The van der Waals surface area contributed by atoms with Crippen LogP contribution in [0, 0.1) is 5.41 Å². The van der Waals surface area contributed by atoms with Crippen LogP contribution < -0.4 is 15.9 Å². The summed E-state index contributed by atoms with van der Waals surface area (Å²) in [6, 6.07) is 35.8. The van der Waals surface area contributed by atoms with Gasteiger partial charge in [-0.1, -0.05) is 128 Å². The Balaban J connectivity index is 1.64. The van der Waals surface area contributed by atoms with E-state index >= 15 is 4.79 Å². The lowest BCUT2D eigenvalue weighted by Gasteiger charge is -2.55. The van der Waals surface area contributed by atoms with E-state index in [1.54, 1.807) is 44.0 Å². The first-order valence-electron chi connectivity index (χ1n) is 17.8. The SMILES string of the molecule is C=CCOC(=O)O[C@H](C)[C@@]1(C)C(=O)N(C=P(c2ccccc2)(c2ccccc2)c2ccccc2C(=O)OCC=C)[C@H]1C(=O)c1cc(CO)c2ccccc2c1. The summed E-state index contributed by atoms with van der Waals surface area (Å²) in [5, 5.41) is 14.1. The number of fused-ring (bicyclic) bond motifs is 1. The highest BCUT2D eigenvalue weighted by Crippen LogP contribution is 2.50. The molecule has 1 aliphatic rings. The van der Waals surface area contributed by atoms with Gasteiger partial charge in [-0.05, 0) is 71.2 Å². The van der Waals surface area contributed by atoms with E-state index in [1.165, 1.54) is 17.1 Å². The quantitative estimate of drug-likeness (QED) is 0.0446. The molecule has 5 aromatic carbocycles. The van der Waals surface area contributed by atoms with Gasteiger partial charge in [-0.25, -0.2) is 9.59 Å². The topological polar surface area (TPSA) is 119 Å². The third kappa shape index (κ3) is 7.17. The molecule has 6 rings (SSSR count). The minimum absolute atomic E-state index is 0.00670. The molecule has 5 aromatic rings. The second kappa shape index (κ2) is 16.6. The Hall–Kier alpha value is -6.02. The lowest BCUT2D eigenvalue weighted by atomic mass is 9.66. The van der Waals surface area contributed by atoms with Crippen LogP contribution in [0.15, 0.2) is 147 Å². The van der Waals surface area contributed by atoms with Crippen LogP contribution in [0.4, 0.5) is 4.79 Å². The fraction of sp³-hybridized carbons (Fsp3) is 0.178. The Labute approximate surface area is 320 Å². The minimum Gasteiger partial charge on any atom is -0.458 e. The average molecular weight is 756 g/mol. The van der Waals surface area contributed by atoms with Crippen molar-refractivity contribution < 1.29 is 38.5 Å². The summed E-state index contributed by atoms with van der Waals surface area (Å²) in [7, 11) is 0. The van der Waals surface area contributed by atoms with E-state index < -0.39 is 48.3 Å². The van der Waals surface area contributed by atoms with Gasteiger partial charge in [-0.3, -0.25) is 9.59 Å². The first kappa shape index (κ1) is 38.7. The number of ketones is 1. The van der Waals surface area contributed by atoms with Gasteiger partial charge in [-0.2, -0.15) is 0 Å². The number of likely N-dealkylation sites (tertiary alicyclic amines) is 1. The molecule has 0 bridgehead atoms. The summed E-state index contributed by atoms with van der Waals surface area (Å²) < 4.78 is 16.3. The highest BCUT2D eigenvalue weighted by Gasteiger charge is 2.64. The van der Waals surface area contributed by atoms with Crippen molar-refractivity contribution in [1.82, 2.24) is 4.90 Å². The Morgan fingerprint density at radius 1 is 0.836 bits per heavy atom. The molecular weight excluding hydrogens is 713 g/mol. The van der Waals surface area contributed by atoms with Gasteiger partial charge < -0.3 is 24.2 Å². The number of carbonyl (C=O) groups is 4. The van der Waals surface area contributed by atoms with Crippen LogP contribution in [0.3, 0.4) is 0 Å². The number of hydrogen-bond donors (Lipinski definition) is 1. The maximum atomic E-state index is 15.1. The third-order valence-corrected chi connectivity index (χ3v) is 14.1. The zero-order valence-corrected chi connectivity index (χ0v) is 31.6. The van der Waals surface area contributed by atoms with Gasteiger partial charge >= 0.3 is 12.1 Å². The van der Waals surface area contributed by atoms with Crippen LogP contribution >= 0.6 is 6.89 Å². The van der Waals surface area contributed by atoms with Crippen molar-refractivity contribution in [3.63, 3.8) is 0 Å². The fourth-order valence-corrected chi connectivity index (χ4v) is 11.2. The molecule has 0 spiro atoms. The zero-order chi connectivity index (χ0) is 39.2. The van der Waals surface area contributed by atoms with Crippen molar-refractivity contribution >= 4 is 63.3 Å². The molecule has 9 nitrogen and oxygen atoms in total. The summed E-state index contributed by atoms with van der Waals surface area (Å²) in [5.74, 6) is 0.341. The van der Waals surface area contributed by atoms with E-state index in [0.29, 0.717) is 16.4 Å². The van der Waals surface area contributed by atoms with E-state index in [-0.39, 0.29) is 25.4 Å². The van der Waals surface area contributed by atoms with Crippen molar-refractivity contribution in [1.29, 1.82) is 0 Å². The van der Waals surface area contributed by atoms with Crippen molar-refractivity contribution in [2.45, 2.75) is 32.6 Å². The summed E-state index contributed by atoms with van der Waals surface area (Å²) in [5.41, 5.74) is -0.451. The number of β-lactam (4-membered cyclic amide) rings is 1. The molecule has 3 atom stereocenters. The van der Waals surface area contributed by atoms with Gasteiger partial charge in [0.15, 0.2) is 5.78 Å². The second-order valence-electron chi connectivity index (χ2n) is 13.3. The van der Waals surface area contributed by atoms with Crippen LogP contribution in [0.1, 0.15) is 40.1 Å². The summed E-state index contributed by atoms with van der Waals surface area (Å²) in [6.07, 6.45) is 0.761. The lowest BCUT2D eigenvalue weighted by molar-refractivity contribution is -0.168. The largest absolute Gasteiger partial charge is 0.508 e. The summed E-state index contributed by atoms with van der Waals surface area (Å²) >= 11 is 0. The number of aliphatic hydroxyl groups is 1. The lowest BCUT2D eigenvalue weighted by Crippen LogP contribution is -2.74. The van der Waals surface area contributed by atoms with Crippen LogP contribution in [0.25, 0.3) is 10.8 Å². The fourth-order valence-electron chi connectivity index (χ4n) is 7.20. The number of nitrogens with zero attached hydrogens (tertiary/aromatic N) is 1. The van der Waals surface area contributed by atoms with E-state index in [0.717, 1.165) is 21.4 Å². The molecule has 1 N–H and O–H groups in total. The zero-order valence-electron chi connectivity index (χ0n) is 30.7. The van der Waals surface area contributed by atoms with Crippen LogP contribution in [0.5, 0.6) is 0 Å². The van der Waals surface area contributed by atoms with E-state index in [9.17, 15) is 19.5 Å². The molecule has 1 amide bonds. The van der Waals surface area contributed by atoms with E-state index in [1.807, 2.05) is 97.1 Å². The van der Waals surface area contributed by atoms with Gasteiger partial charge in [-0.15, -0.1) is 0 Å². The monoisotopic (exact) mass is 755 g/mol. The Morgan fingerprint density at radius 2 is 1.42 bits per heavy atom. The Morgan fingerprint density at radius 3 is 2.05 bits per heavy atom. The summed E-state index contributed by atoms with van der Waals surface area (Å²) in [4.78, 5) is 58.0. The number of rotatable bonds is 14. The standard InChI is InChI=1S/C45H42NO8P/c1-5-25-52-42(49)38-23-15-16-24-39(38)55(35-18-9-7-10-19-35,36-20-11-8-12-21-36)30-46-41(45(4,43(46)50)31(3)54-44(51)53-26-6-2)40(48)33-27-32-17-13-14-22-37(32)34(28-33)29-47/h5-24,27-28,30-31,41,47H,1-2,25-26,29H2,3-4H3/t31-,41+,45-/m1/s1. The molecule has 0 aromatic heterocycles. The molecule has 1 heterocycles. The number of ether oxygens (including phenoxy) is 3. The molecule has 0 saturated carbocycles. The first-order chi connectivity index (χ1) is 26.6. The number of aliphatic hydroxyl groups excluding tert-OH is 1. The van der Waals surface area contributed by atoms with Crippen molar-refractivity contribution in [3.8, 4) is 0 Å². The smallest absolute Gasteiger partial charge is 0.458 e. The van der Waals surface area contributed by atoms with Gasteiger partial charge in [0.2, 0.25) is 5.91 Å². The van der Waals surface area contributed by atoms with Crippen molar-refractivity contribution in [2.75, 3.05) is 13.2 Å². The van der Waals surface area contributed by atoms with Crippen LogP contribution in [-0.2, 0) is 25.6 Å². The Kier molecular flexibility index (Phi) is 11.6. The number of benzene rings is 5. The first-order valence-corrected chi connectivity index (χ1v) is 19.6. The Bertz CT molecular complexity index is 2280. The number of hydrogen-bond acceptors (Lipinski definition) is 8. The van der Waals surface area contributed by atoms with Crippen molar-refractivity contribution in [2.24, 2.45) is 5.41 Å². The molecule has 1 aliphatic heterocycles. The highest BCUT2D eigenvalue weighted by molar-refractivity contribution is 7.94. The molecular formula is C45H42NO8P. The molecule has 1 saturated heterocycles. The molecule has 0 aliphatic carbocycles. The number of amides is 1. The average Bonchev–Trinajstić information content (AvgIpc) is 3.23. The van der Waals surface area contributed by atoms with Crippen LogP contribution in [0.2, 0.25) is 0 Å². The van der Waals surface area contributed by atoms with E-state index in [2.05, 4.69) is 13.2 Å². The predicted molar refractivity (Wildman–Crippen MR) is 217 cm³/mol. The highest BCUT2D eigenvalue weighted by atomic mass is 31.2. The molecule has 0 radical (unpaired) electrons. The van der Waals surface area contributed by atoms with Crippen molar-refractivity contribution in [3.05, 3.63) is 163 Å². The minimum atomic E-state index is -3.17. The van der Waals surface area contributed by atoms with Gasteiger partial charge in [0, 0.05) is 11.5 Å². The number of Topliss-reactive ketones (excluding diaryl/α,β-unsaturated/α-hetero) is 1. The predicted octanol–water partition coefficient (Wildman–Crippen LogP) is 6.56. The molecule has 280 valence electrons. The molecule has 0 unspecified atom stereocenters. The molecule has 10 heteroatoms. The third-order valence-electron chi connectivity index (χ3n) is 10.1. The van der Waals surface area contributed by atoms with Gasteiger partial charge in [0.05, 0.1) is 12.2 Å². The maximum Gasteiger partial charge on any atom is 0.508 e. The summed E-state index contributed by atoms with van der Waals surface area (Å²) in [6.45, 7) is 6.82. The molecule has 1 fully saturated rings. The number of carbonyl (C=O) groups excluding carboxylic acids is 4. The van der Waals surface area contributed by atoms with Gasteiger partial charge in [0.1, 0.15) is 30.8 Å². The normalized spacial score (nSPS) is 17.0.